The highest BCUT2D eigenvalue weighted by Crippen LogP contribution is 2.53. The molecule has 0 bridgehead atoms. The molecule has 2 heterocycles. The number of aromatic nitrogens is 1. The van der Waals surface area contributed by atoms with Gasteiger partial charge < -0.3 is 14.9 Å². The van der Waals surface area contributed by atoms with Gasteiger partial charge in [-0.25, -0.2) is 0 Å². The molecule has 32 heavy (non-hydrogen) atoms. The molecule has 5 rings (SSSR count). The molecular formula is C26H22N2O3S. The van der Waals surface area contributed by atoms with E-state index in [4.69, 9.17) is 4.52 Å². The van der Waals surface area contributed by atoms with E-state index >= 15 is 0 Å². The third-order valence-electron chi connectivity index (χ3n) is 5.86. The highest BCUT2D eigenvalue weighted by Gasteiger charge is 2.51. The summed E-state index contributed by atoms with van der Waals surface area (Å²) < 4.78 is 4.29. The summed E-state index contributed by atoms with van der Waals surface area (Å²) in [6.07, 6.45) is 0.361. The number of aliphatic hydroxyl groups excluding tert-OH is 1. The van der Waals surface area contributed by atoms with Crippen LogP contribution in [0.3, 0.4) is 0 Å². The summed E-state index contributed by atoms with van der Waals surface area (Å²) in [6, 6.07) is 32.4. The first-order valence-corrected chi connectivity index (χ1v) is 11.3. The monoisotopic (exact) mass is 442 g/mol. The molecule has 160 valence electrons. The van der Waals surface area contributed by atoms with Gasteiger partial charge in [-0.1, -0.05) is 96.2 Å². The van der Waals surface area contributed by atoms with Crippen LogP contribution < -0.4 is 5.32 Å². The number of nitrogens with zero attached hydrogens (tertiary/aromatic N) is 1. The van der Waals surface area contributed by atoms with Crippen molar-refractivity contribution in [2.45, 2.75) is 16.2 Å². The van der Waals surface area contributed by atoms with Gasteiger partial charge in [0.25, 0.3) is 0 Å². The Labute approximate surface area is 190 Å². The average Bonchev–Trinajstić information content (AvgIpc) is 3.39. The molecule has 1 fully saturated rings. The Hall–Kier alpha value is -3.35. The predicted molar refractivity (Wildman–Crippen MR) is 124 cm³/mol. The number of aliphatic hydroxyl groups is 1. The molecule has 0 aliphatic carbocycles. The average molecular weight is 443 g/mol. The molecule has 0 spiro atoms. The van der Waals surface area contributed by atoms with E-state index in [1.165, 1.54) is 6.26 Å². The Morgan fingerprint density at radius 2 is 1.34 bits per heavy atom. The molecule has 4 aromatic rings. The van der Waals surface area contributed by atoms with E-state index in [0.29, 0.717) is 5.69 Å². The zero-order chi connectivity index (χ0) is 22.0. The van der Waals surface area contributed by atoms with Crippen LogP contribution in [-0.4, -0.2) is 21.5 Å². The summed E-state index contributed by atoms with van der Waals surface area (Å²) in [5.74, 6) is -0.832. The lowest BCUT2D eigenvalue weighted by Crippen LogP contribution is -2.59. The molecule has 1 aromatic heterocycles. The Balaban J connectivity index is 1.63. The summed E-state index contributed by atoms with van der Waals surface area (Å²) in [5.41, 5.74) is 3.65. The van der Waals surface area contributed by atoms with Crippen molar-refractivity contribution in [1.82, 2.24) is 10.5 Å². The molecule has 3 aromatic carbocycles. The molecule has 3 atom stereocenters. The number of carbonyl (C=O) groups is 1. The van der Waals surface area contributed by atoms with Gasteiger partial charge in [-0.05, 0) is 16.7 Å². The van der Waals surface area contributed by atoms with Crippen molar-refractivity contribution in [2.24, 2.45) is 5.92 Å². The lowest BCUT2D eigenvalue weighted by atomic mass is 9.84. The molecule has 1 amide bonds. The quantitative estimate of drug-likeness (QED) is 0.325. The van der Waals surface area contributed by atoms with Crippen LogP contribution in [0.4, 0.5) is 0 Å². The van der Waals surface area contributed by atoms with E-state index in [-0.39, 0.29) is 11.3 Å². The first-order valence-electron chi connectivity index (χ1n) is 10.4. The van der Waals surface area contributed by atoms with Gasteiger partial charge in [0.1, 0.15) is 18.1 Å². The number of hydrogen-bond acceptors (Lipinski definition) is 5. The smallest absolute Gasteiger partial charge is 0.230 e. The van der Waals surface area contributed by atoms with E-state index in [1.54, 1.807) is 17.8 Å². The topological polar surface area (TPSA) is 75.4 Å². The van der Waals surface area contributed by atoms with Crippen molar-refractivity contribution in [1.29, 1.82) is 0 Å². The maximum Gasteiger partial charge on any atom is 0.230 e. The second-order valence-electron chi connectivity index (χ2n) is 7.72. The third kappa shape index (κ3) is 3.51. The first-order chi connectivity index (χ1) is 15.7. The molecule has 0 saturated carbocycles. The summed E-state index contributed by atoms with van der Waals surface area (Å²) in [7, 11) is 0. The summed E-state index contributed by atoms with van der Waals surface area (Å²) in [4.78, 5) is 12.5. The molecule has 1 aliphatic heterocycles. The molecule has 1 aliphatic rings. The van der Waals surface area contributed by atoms with Crippen LogP contribution in [0.1, 0.15) is 28.5 Å². The van der Waals surface area contributed by atoms with Crippen molar-refractivity contribution in [3.63, 3.8) is 0 Å². The Morgan fingerprint density at radius 1 is 0.844 bits per heavy atom. The molecule has 6 heteroatoms. The maximum atomic E-state index is 12.5. The lowest BCUT2D eigenvalue weighted by Gasteiger charge is -2.45. The minimum atomic E-state index is -1.04. The first kappa shape index (κ1) is 20.5. The molecule has 2 N–H and O–H groups in total. The molecule has 5 nitrogen and oxygen atoms in total. The van der Waals surface area contributed by atoms with Gasteiger partial charge in [0.2, 0.25) is 5.91 Å². The SMILES string of the molecule is O=C1NC(SC(c2ccccc2)(c2ccccc2)c2ccccc2)C1C(O)c1ccon1. The second kappa shape index (κ2) is 8.65. The van der Waals surface area contributed by atoms with Crippen molar-refractivity contribution in [2.75, 3.05) is 0 Å². The summed E-state index contributed by atoms with van der Waals surface area (Å²) in [6.45, 7) is 0. The molecule has 3 unspecified atom stereocenters. The van der Waals surface area contributed by atoms with Crippen LogP contribution in [0.15, 0.2) is 108 Å². The van der Waals surface area contributed by atoms with Crippen LogP contribution in [0.25, 0.3) is 0 Å². The van der Waals surface area contributed by atoms with Gasteiger partial charge in [-0.3, -0.25) is 4.79 Å². The highest BCUT2D eigenvalue weighted by atomic mass is 32.2. The molecular weight excluding hydrogens is 420 g/mol. The van der Waals surface area contributed by atoms with Gasteiger partial charge in [-0.15, -0.1) is 11.8 Å². The van der Waals surface area contributed by atoms with Gasteiger partial charge in [0.05, 0.1) is 16.0 Å². The number of rotatable bonds is 7. The Kier molecular flexibility index (Phi) is 5.55. The van der Waals surface area contributed by atoms with Gasteiger partial charge in [0.15, 0.2) is 0 Å². The number of hydrogen-bond donors (Lipinski definition) is 2. The lowest BCUT2D eigenvalue weighted by molar-refractivity contribution is -0.138. The van der Waals surface area contributed by atoms with E-state index in [0.717, 1.165) is 16.7 Å². The van der Waals surface area contributed by atoms with Crippen LogP contribution in [0.2, 0.25) is 0 Å². The fourth-order valence-corrected chi connectivity index (χ4v) is 6.04. The fraction of sp³-hybridized carbons (Fsp3) is 0.154. The highest BCUT2D eigenvalue weighted by molar-refractivity contribution is 8.01. The number of thioether (sulfide) groups is 1. The van der Waals surface area contributed by atoms with E-state index in [2.05, 4.69) is 46.9 Å². The zero-order valence-electron chi connectivity index (χ0n) is 17.2. The van der Waals surface area contributed by atoms with Crippen molar-refractivity contribution >= 4 is 17.7 Å². The third-order valence-corrected chi connectivity index (χ3v) is 7.58. The number of amides is 1. The Morgan fingerprint density at radius 3 is 1.75 bits per heavy atom. The second-order valence-corrected chi connectivity index (χ2v) is 9.08. The van der Waals surface area contributed by atoms with Gasteiger partial charge in [0, 0.05) is 6.07 Å². The van der Waals surface area contributed by atoms with E-state index < -0.39 is 16.8 Å². The van der Waals surface area contributed by atoms with Crippen molar-refractivity contribution < 1.29 is 14.4 Å². The Bertz CT molecular complexity index is 1070. The van der Waals surface area contributed by atoms with Crippen LogP contribution in [0, 0.1) is 5.92 Å². The zero-order valence-corrected chi connectivity index (χ0v) is 18.0. The number of carbonyl (C=O) groups excluding carboxylic acids is 1. The fourth-order valence-electron chi connectivity index (χ4n) is 4.25. The minimum Gasteiger partial charge on any atom is -0.386 e. The maximum absolute atomic E-state index is 12.5. The van der Waals surface area contributed by atoms with Crippen LogP contribution in [-0.2, 0) is 9.54 Å². The number of β-lactam (4-membered cyclic amide) rings is 1. The van der Waals surface area contributed by atoms with Crippen LogP contribution >= 0.6 is 11.8 Å². The predicted octanol–water partition coefficient (Wildman–Crippen LogP) is 4.51. The van der Waals surface area contributed by atoms with Gasteiger partial charge in [-0.2, -0.15) is 0 Å². The number of benzene rings is 3. The standard InChI is InChI=1S/C26H22N2O3S/c29-23(21-16-17-31-28-21)22-24(30)27-25(22)32-26(18-10-4-1-5-11-18,19-12-6-2-7-13-19)20-14-8-3-9-15-20/h1-17,22-23,25,29H,(H,27,30). The largest absolute Gasteiger partial charge is 0.386 e. The summed E-state index contributed by atoms with van der Waals surface area (Å²) >= 11 is 1.63. The molecule has 0 radical (unpaired) electrons. The van der Waals surface area contributed by atoms with Crippen molar-refractivity contribution in [3.8, 4) is 0 Å². The van der Waals surface area contributed by atoms with Crippen LogP contribution in [0.5, 0.6) is 0 Å². The normalized spacial score (nSPS) is 19.1. The van der Waals surface area contributed by atoms with E-state index in [1.807, 2.05) is 54.6 Å². The number of nitrogens with one attached hydrogen (secondary N) is 1. The van der Waals surface area contributed by atoms with Crippen molar-refractivity contribution in [3.05, 3.63) is 126 Å². The van der Waals surface area contributed by atoms with Gasteiger partial charge >= 0.3 is 0 Å². The molecule has 1 saturated heterocycles. The van der Waals surface area contributed by atoms with E-state index in [9.17, 15) is 9.90 Å². The summed E-state index contributed by atoms with van der Waals surface area (Å²) in [5, 5.41) is 17.4. The minimum absolute atomic E-state index is 0.193.